The molecule has 3 atom stereocenters. The van der Waals surface area contributed by atoms with Gasteiger partial charge in [-0.1, -0.05) is 19.8 Å². The number of ether oxygens (including phenoxy) is 2. The molecule has 0 spiro atoms. The molecule has 1 heterocycles. The summed E-state index contributed by atoms with van der Waals surface area (Å²) in [5.74, 6) is 0.753. The summed E-state index contributed by atoms with van der Waals surface area (Å²) in [6.45, 7) is 15.0. The Morgan fingerprint density at radius 2 is 1.82 bits per heavy atom. The first-order valence-electron chi connectivity index (χ1n) is 9.36. The van der Waals surface area contributed by atoms with Crippen molar-refractivity contribution < 1.29 is 9.47 Å². The largest absolute Gasteiger partial charge is 0.380 e. The third-order valence-electron chi connectivity index (χ3n) is 5.35. The van der Waals surface area contributed by atoms with Gasteiger partial charge < -0.3 is 9.47 Å². The van der Waals surface area contributed by atoms with Gasteiger partial charge in [0.15, 0.2) is 0 Å². The molecule has 0 radical (unpaired) electrons. The molecule has 2 fully saturated rings. The van der Waals surface area contributed by atoms with Gasteiger partial charge in [0.1, 0.15) is 0 Å². The maximum absolute atomic E-state index is 6.16. The van der Waals surface area contributed by atoms with E-state index in [-0.39, 0.29) is 0 Å². The van der Waals surface area contributed by atoms with Gasteiger partial charge in [-0.3, -0.25) is 9.80 Å². The first-order chi connectivity index (χ1) is 10.7. The molecule has 2 rings (SSSR count). The summed E-state index contributed by atoms with van der Waals surface area (Å²) in [5, 5.41) is 0. The summed E-state index contributed by atoms with van der Waals surface area (Å²) < 4.78 is 11.6. The van der Waals surface area contributed by atoms with Gasteiger partial charge in [-0.2, -0.15) is 0 Å². The third-order valence-corrected chi connectivity index (χ3v) is 5.35. The minimum atomic E-state index is 0.513. The van der Waals surface area contributed by atoms with E-state index in [0.717, 1.165) is 51.9 Å². The molecule has 22 heavy (non-hydrogen) atoms. The van der Waals surface area contributed by atoms with Crippen molar-refractivity contribution >= 4 is 0 Å². The van der Waals surface area contributed by atoms with E-state index in [0.29, 0.717) is 12.1 Å². The Kier molecular flexibility index (Phi) is 8.15. The van der Waals surface area contributed by atoms with Gasteiger partial charge >= 0.3 is 0 Å². The van der Waals surface area contributed by atoms with E-state index < -0.39 is 0 Å². The van der Waals surface area contributed by atoms with E-state index in [1.807, 2.05) is 0 Å². The average Bonchev–Trinajstić information content (AvgIpc) is 2.51. The predicted molar refractivity (Wildman–Crippen MR) is 91.3 cm³/mol. The van der Waals surface area contributed by atoms with Gasteiger partial charge in [0, 0.05) is 45.4 Å². The summed E-state index contributed by atoms with van der Waals surface area (Å²) >= 11 is 0. The molecule has 1 saturated heterocycles. The fraction of sp³-hybridized carbons (Fsp3) is 1.00. The van der Waals surface area contributed by atoms with Crippen molar-refractivity contribution in [3.05, 3.63) is 0 Å². The molecule has 1 aliphatic carbocycles. The fourth-order valence-corrected chi connectivity index (χ4v) is 3.80. The second-order valence-electron chi connectivity index (χ2n) is 7.05. The first kappa shape index (κ1) is 18.2. The van der Waals surface area contributed by atoms with Crippen LogP contribution in [0.1, 0.15) is 46.5 Å². The van der Waals surface area contributed by atoms with Gasteiger partial charge in [-0.25, -0.2) is 0 Å². The summed E-state index contributed by atoms with van der Waals surface area (Å²) in [6.07, 6.45) is 5.87. The number of hydrogen-bond acceptors (Lipinski definition) is 4. The summed E-state index contributed by atoms with van der Waals surface area (Å²) in [4.78, 5) is 5.12. The number of piperazine rings is 1. The minimum Gasteiger partial charge on any atom is -0.380 e. The Labute approximate surface area is 137 Å². The van der Waals surface area contributed by atoms with Crippen LogP contribution in [0.25, 0.3) is 0 Å². The summed E-state index contributed by atoms with van der Waals surface area (Å²) in [5.41, 5.74) is 0. The van der Waals surface area contributed by atoms with Crippen molar-refractivity contribution in [2.45, 2.75) is 58.6 Å². The summed E-state index contributed by atoms with van der Waals surface area (Å²) in [7, 11) is 0. The van der Waals surface area contributed by atoms with Crippen molar-refractivity contribution in [1.82, 2.24) is 9.80 Å². The van der Waals surface area contributed by atoms with Crippen LogP contribution >= 0.6 is 0 Å². The number of nitrogens with zero attached hydrogens (tertiary/aromatic N) is 2. The Hall–Kier alpha value is -0.160. The zero-order valence-electron chi connectivity index (χ0n) is 14.9. The van der Waals surface area contributed by atoms with E-state index in [1.54, 1.807) is 0 Å². The summed E-state index contributed by atoms with van der Waals surface area (Å²) in [6, 6.07) is 0.628. The molecule has 0 bridgehead atoms. The highest BCUT2D eigenvalue weighted by Crippen LogP contribution is 2.26. The predicted octanol–water partition coefficient (Wildman–Crippen LogP) is 2.62. The molecule has 4 heteroatoms. The van der Waals surface area contributed by atoms with Crippen LogP contribution in [0.5, 0.6) is 0 Å². The highest BCUT2D eigenvalue weighted by atomic mass is 16.5. The fourth-order valence-electron chi connectivity index (χ4n) is 3.80. The van der Waals surface area contributed by atoms with Gasteiger partial charge in [0.05, 0.1) is 19.3 Å². The standard InChI is InChI=1S/C18H36N2O2/c1-4-21-13-12-20-10-9-19(15-17(20)3)11-14-22-18-8-6-5-7-16(18)2/h16-18H,4-15H2,1-3H3. The molecule has 0 aromatic heterocycles. The second-order valence-corrected chi connectivity index (χ2v) is 7.05. The number of hydrogen-bond donors (Lipinski definition) is 0. The van der Waals surface area contributed by atoms with Crippen LogP contribution in [0.15, 0.2) is 0 Å². The molecule has 4 nitrogen and oxygen atoms in total. The van der Waals surface area contributed by atoms with Crippen molar-refractivity contribution in [3.8, 4) is 0 Å². The molecule has 0 aromatic rings. The van der Waals surface area contributed by atoms with Crippen LogP contribution in [0, 0.1) is 5.92 Å². The van der Waals surface area contributed by atoms with Crippen LogP contribution in [-0.4, -0.2) is 74.5 Å². The number of rotatable bonds is 8. The molecule has 0 N–H and O–H groups in total. The lowest BCUT2D eigenvalue weighted by molar-refractivity contribution is -0.0233. The van der Waals surface area contributed by atoms with Crippen LogP contribution in [0.2, 0.25) is 0 Å². The average molecular weight is 312 g/mol. The maximum Gasteiger partial charge on any atom is 0.0601 e. The lowest BCUT2D eigenvalue weighted by Crippen LogP contribution is -2.53. The van der Waals surface area contributed by atoms with Gasteiger partial charge in [0.2, 0.25) is 0 Å². The normalized spacial score (nSPS) is 31.5. The monoisotopic (exact) mass is 312 g/mol. The lowest BCUT2D eigenvalue weighted by atomic mass is 9.88. The molecule has 130 valence electrons. The van der Waals surface area contributed by atoms with Crippen LogP contribution < -0.4 is 0 Å². The van der Waals surface area contributed by atoms with E-state index >= 15 is 0 Å². The maximum atomic E-state index is 6.16. The first-order valence-corrected chi connectivity index (χ1v) is 9.36. The topological polar surface area (TPSA) is 24.9 Å². The Bertz CT molecular complexity index is 301. The highest BCUT2D eigenvalue weighted by molar-refractivity contribution is 4.79. The van der Waals surface area contributed by atoms with Gasteiger partial charge in [-0.05, 0) is 32.6 Å². The van der Waals surface area contributed by atoms with Crippen LogP contribution in [-0.2, 0) is 9.47 Å². The smallest absolute Gasteiger partial charge is 0.0601 e. The van der Waals surface area contributed by atoms with E-state index in [1.165, 1.54) is 32.2 Å². The molecule has 3 unspecified atom stereocenters. The Morgan fingerprint density at radius 3 is 2.55 bits per heavy atom. The molecule has 2 aliphatic rings. The van der Waals surface area contributed by atoms with Gasteiger partial charge in [0.25, 0.3) is 0 Å². The zero-order valence-corrected chi connectivity index (χ0v) is 14.9. The molecule has 0 amide bonds. The van der Waals surface area contributed by atoms with Gasteiger partial charge in [-0.15, -0.1) is 0 Å². The minimum absolute atomic E-state index is 0.513. The highest BCUT2D eigenvalue weighted by Gasteiger charge is 2.24. The quantitative estimate of drug-likeness (QED) is 0.643. The van der Waals surface area contributed by atoms with Crippen molar-refractivity contribution in [3.63, 3.8) is 0 Å². The zero-order chi connectivity index (χ0) is 15.8. The lowest BCUT2D eigenvalue weighted by Gasteiger charge is -2.40. The Balaban J connectivity index is 1.59. The van der Waals surface area contributed by atoms with Crippen molar-refractivity contribution in [1.29, 1.82) is 0 Å². The van der Waals surface area contributed by atoms with Crippen molar-refractivity contribution in [2.75, 3.05) is 52.5 Å². The van der Waals surface area contributed by atoms with E-state index in [9.17, 15) is 0 Å². The molecular formula is C18H36N2O2. The SMILES string of the molecule is CCOCCN1CCN(CCOC2CCCCC2C)CC1C. The third kappa shape index (κ3) is 5.80. The van der Waals surface area contributed by atoms with E-state index in [4.69, 9.17) is 9.47 Å². The Morgan fingerprint density at radius 1 is 1.00 bits per heavy atom. The van der Waals surface area contributed by atoms with E-state index in [2.05, 4.69) is 30.6 Å². The molecule has 0 aromatic carbocycles. The molecular weight excluding hydrogens is 276 g/mol. The molecule has 1 saturated carbocycles. The van der Waals surface area contributed by atoms with Crippen LogP contribution in [0.4, 0.5) is 0 Å². The second kappa shape index (κ2) is 9.86. The van der Waals surface area contributed by atoms with Crippen molar-refractivity contribution in [2.24, 2.45) is 5.92 Å². The molecule has 1 aliphatic heterocycles. The van der Waals surface area contributed by atoms with Crippen LogP contribution in [0.3, 0.4) is 0 Å².